The first-order valence-corrected chi connectivity index (χ1v) is 10.5. The van der Waals surface area contributed by atoms with Gasteiger partial charge in [0.2, 0.25) is 0 Å². The van der Waals surface area contributed by atoms with Crippen molar-refractivity contribution in [3.63, 3.8) is 0 Å². The molecule has 2 aliphatic heterocycles. The molecule has 0 radical (unpaired) electrons. The Morgan fingerprint density at radius 2 is 1.72 bits per heavy atom. The molecule has 0 unspecified atom stereocenters. The molecule has 160 valence electrons. The number of amides is 1. The number of carbonyl (C=O) groups is 1. The van der Waals surface area contributed by atoms with Crippen LogP contribution in [-0.2, 0) is 30.9 Å². The third-order valence-electron chi connectivity index (χ3n) is 5.04. The molecule has 1 amide bonds. The summed E-state index contributed by atoms with van der Waals surface area (Å²) < 4.78 is 61.6. The minimum Gasteiger partial charge on any atom is -0.443 e. The molecule has 2 aliphatic rings. The van der Waals surface area contributed by atoms with Gasteiger partial charge in [-0.3, -0.25) is 0 Å². The number of nitrogens with zero attached hydrogens (tertiary/aromatic N) is 1. The fraction of sp³-hybridized carbons (Fsp3) is 0.611. The molecule has 0 atom stereocenters. The Morgan fingerprint density at radius 3 is 2.24 bits per heavy atom. The van der Waals surface area contributed by atoms with Crippen molar-refractivity contribution in [3.05, 3.63) is 23.5 Å². The number of halogens is 1. The average molecular weight is 429 g/mol. The third-order valence-corrected chi connectivity index (χ3v) is 6.23. The van der Waals surface area contributed by atoms with Gasteiger partial charge in [-0.15, -0.1) is 0 Å². The van der Waals surface area contributed by atoms with Crippen LogP contribution in [0.25, 0.3) is 0 Å². The van der Waals surface area contributed by atoms with Crippen LogP contribution in [0.2, 0.25) is 0 Å². The zero-order valence-corrected chi connectivity index (χ0v) is 18.3. The number of ether oxygens (including phenoxy) is 1. The standard InChI is InChI=1S/C18H25BFNO7S/c1-16(2,3)25-15(22)21-10-11-8-12(9-13(20)14(11)26-29(21,23)24)19-27-17(4,5)18(6,7)28-19/h8-9H,10H2,1-7H3. The van der Waals surface area contributed by atoms with Crippen molar-refractivity contribution >= 4 is 29.0 Å². The molecule has 8 nitrogen and oxygen atoms in total. The van der Waals surface area contributed by atoms with Gasteiger partial charge in [-0.25, -0.2) is 9.18 Å². The minimum absolute atomic E-state index is 0.162. The predicted molar refractivity (Wildman–Crippen MR) is 103 cm³/mol. The Morgan fingerprint density at radius 1 is 1.17 bits per heavy atom. The summed E-state index contributed by atoms with van der Waals surface area (Å²) in [5.74, 6) is -1.34. The molecule has 1 aromatic rings. The van der Waals surface area contributed by atoms with E-state index in [1.54, 1.807) is 20.8 Å². The lowest BCUT2D eigenvalue weighted by Crippen LogP contribution is -2.45. The van der Waals surface area contributed by atoms with Gasteiger partial charge in [0, 0.05) is 5.56 Å². The van der Waals surface area contributed by atoms with Crippen LogP contribution in [0, 0.1) is 5.82 Å². The van der Waals surface area contributed by atoms with Crippen molar-refractivity contribution < 1.29 is 35.8 Å². The Hall–Kier alpha value is -1.85. The topological polar surface area (TPSA) is 91.4 Å². The highest BCUT2D eigenvalue weighted by Gasteiger charge is 2.52. The van der Waals surface area contributed by atoms with Crippen LogP contribution in [0.4, 0.5) is 9.18 Å². The fourth-order valence-corrected chi connectivity index (χ4v) is 3.86. The normalized spacial score (nSPS) is 22.1. The third kappa shape index (κ3) is 4.08. The van der Waals surface area contributed by atoms with E-state index in [2.05, 4.69) is 0 Å². The lowest BCUT2D eigenvalue weighted by atomic mass is 9.78. The van der Waals surface area contributed by atoms with E-state index in [9.17, 15) is 17.6 Å². The van der Waals surface area contributed by atoms with Crippen molar-refractivity contribution in [3.8, 4) is 5.75 Å². The number of hydrogen-bond donors (Lipinski definition) is 0. The molecule has 0 aromatic heterocycles. The number of rotatable bonds is 1. The van der Waals surface area contributed by atoms with Gasteiger partial charge in [0.25, 0.3) is 0 Å². The highest BCUT2D eigenvalue weighted by atomic mass is 32.2. The van der Waals surface area contributed by atoms with Gasteiger partial charge in [0.1, 0.15) is 5.60 Å². The summed E-state index contributed by atoms with van der Waals surface area (Å²) in [6.07, 6.45) is -1.11. The van der Waals surface area contributed by atoms with Crippen molar-refractivity contribution in [2.75, 3.05) is 0 Å². The Bertz CT molecular complexity index is 940. The van der Waals surface area contributed by atoms with Crippen LogP contribution < -0.4 is 9.65 Å². The maximum absolute atomic E-state index is 14.7. The molecule has 0 spiro atoms. The molecule has 3 rings (SSSR count). The van der Waals surface area contributed by atoms with Gasteiger partial charge in [-0.05, 0) is 60.0 Å². The van der Waals surface area contributed by atoms with E-state index in [1.165, 1.54) is 6.07 Å². The summed E-state index contributed by atoms with van der Waals surface area (Å²) in [6.45, 7) is 11.8. The average Bonchev–Trinajstić information content (AvgIpc) is 2.73. The molecule has 29 heavy (non-hydrogen) atoms. The molecule has 1 fully saturated rings. The van der Waals surface area contributed by atoms with Crippen LogP contribution in [0.1, 0.15) is 54.0 Å². The number of fused-ring (bicyclic) bond motifs is 1. The summed E-state index contributed by atoms with van der Waals surface area (Å²) in [7, 11) is -5.40. The minimum atomic E-state index is -4.54. The maximum atomic E-state index is 14.7. The van der Waals surface area contributed by atoms with Crippen LogP contribution in [0.3, 0.4) is 0 Å². The van der Waals surface area contributed by atoms with Gasteiger partial charge in [-0.2, -0.15) is 12.7 Å². The van der Waals surface area contributed by atoms with Gasteiger partial charge in [0.05, 0.1) is 17.7 Å². The van der Waals surface area contributed by atoms with E-state index < -0.39 is 58.4 Å². The molecule has 0 saturated carbocycles. The molecule has 0 bridgehead atoms. The summed E-state index contributed by atoms with van der Waals surface area (Å²) >= 11 is 0. The highest BCUT2D eigenvalue weighted by molar-refractivity contribution is 7.85. The quantitative estimate of drug-likeness (QED) is 0.634. The van der Waals surface area contributed by atoms with E-state index in [0.29, 0.717) is 9.77 Å². The Labute approximate surface area is 170 Å². The second-order valence-corrected chi connectivity index (χ2v) is 10.6. The molecule has 1 saturated heterocycles. The second kappa shape index (κ2) is 6.58. The monoisotopic (exact) mass is 429 g/mol. The smallest absolute Gasteiger partial charge is 0.443 e. The van der Waals surface area contributed by atoms with E-state index >= 15 is 0 Å². The van der Waals surface area contributed by atoms with Gasteiger partial charge in [-0.1, -0.05) is 6.07 Å². The highest BCUT2D eigenvalue weighted by Crippen LogP contribution is 2.38. The maximum Gasteiger partial charge on any atom is 0.494 e. The Balaban J connectivity index is 1.96. The van der Waals surface area contributed by atoms with Crippen molar-refractivity contribution in [2.24, 2.45) is 0 Å². The second-order valence-electron chi connectivity index (χ2n) is 9.11. The Kier molecular flexibility index (Phi) is 4.96. The fourth-order valence-electron chi connectivity index (χ4n) is 2.85. The summed E-state index contributed by atoms with van der Waals surface area (Å²) in [5.41, 5.74) is -1.66. The summed E-state index contributed by atoms with van der Waals surface area (Å²) in [4.78, 5) is 12.3. The first-order valence-electron chi connectivity index (χ1n) is 9.15. The molecule has 1 aromatic carbocycles. The summed E-state index contributed by atoms with van der Waals surface area (Å²) in [6, 6.07) is 2.62. The van der Waals surface area contributed by atoms with Crippen LogP contribution >= 0.6 is 0 Å². The van der Waals surface area contributed by atoms with Gasteiger partial charge >= 0.3 is 23.5 Å². The van der Waals surface area contributed by atoms with Gasteiger partial charge in [0.15, 0.2) is 11.6 Å². The van der Waals surface area contributed by atoms with Crippen LogP contribution in [-0.4, -0.2) is 42.7 Å². The van der Waals surface area contributed by atoms with Crippen LogP contribution in [0.15, 0.2) is 12.1 Å². The number of hydrogen-bond acceptors (Lipinski definition) is 7. The SMILES string of the molecule is CC(C)(C)OC(=O)N1Cc2cc(B3OC(C)(C)C(C)(C)O3)cc(F)c2OS1(=O)=O. The van der Waals surface area contributed by atoms with E-state index in [1.807, 2.05) is 27.7 Å². The predicted octanol–water partition coefficient (Wildman–Crippen LogP) is 2.50. The molecule has 2 heterocycles. The molecular weight excluding hydrogens is 404 g/mol. The summed E-state index contributed by atoms with van der Waals surface area (Å²) in [5, 5.41) is 0. The lowest BCUT2D eigenvalue weighted by molar-refractivity contribution is 0.00578. The van der Waals surface area contributed by atoms with Crippen molar-refractivity contribution in [1.29, 1.82) is 0 Å². The molecular formula is C18H25BFNO7S. The molecule has 0 N–H and O–H groups in total. The first-order chi connectivity index (χ1) is 13.0. The number of benzene rings is 1. The molecule has 11 heteroatoms. The molecule has 0 aliphatic carbocycles. The van der Waals surface area contributed by atoms with Crippen molar-refractivity contribution in [2.45, 2.75) is 71.8 Å². The number of carbonyl (C=O) groups excluding carboxylic acids is 1. The van der Waals surface area contributed by atoms with Crippen molar-refractivity contribution in [1.82, 2.24) is 4.31 Å². The van der Waals surface area contributed by atoms with E-state index in [0.717, 1.165) is 6.07 Å². The van der Waals surface area contributed by atoms with E-state index in [-0.39, 0.29) is 5.56 Å². The van der Waals surface area contributed by atoms with Gasteiger partial charge < -0.3 is 18.2 Å². The van der Waals surface area contributed by atoms with E-state index in [4.69, 9.17) is 18.2 Å². The van der Waals surface area contributed by atoms with Crippen LogP contribution in [0.5, 0.6) is 5.75 Å². The zero-order chi connectivity index (χ0) is 22.0. The first kappa shape index (κ1) is 21.9. The largest absolute Gasteiger partial charge is 0.494 e. The lowest BCUT2D eigenvalue weighted by Gasteiger charge is -2.32. The zero-order valence-electron chi connectivity index (χ0n) is 17.5.